The highest BCUT2D eigenvalue weighted by atomic mass is 16.5. The van der Waals surface area contributed by atoms with Gasteiger partial charge < -0.3 is 25.0 Å². The minimum atomic E-state index is -0.603. The van der Waals surface area contributed by atoms with Gasteiger partial charge in [0, 0.05) is 12.2 Å². The van der Waals surface area contributed by atoms with Gasteiger partial charge in [-0.05, 0) is 49.1 Å². The van der Waals surface area contributed by atoms with E-state index in [0.29, 0.717) is 23.6 Å². The Kier molecular flexibility index (Phi) is 6.11. The molecule has 2 aromatic carbocycles. The summed E-state index contributed by atoms with van der Waals surface area (Å²) in [5.41, 5.74) is 4.20. The predicted molar refractivity (Wildman–Crippen MR) is 118 cm³/mol. The summed E-state index contributed by atoms with van der Waals surface area (Å²) in [4.78, 5) is 27.7. The summed E-state index contributed by atoms with van der Waals surface area (Å²) >= 11 is 0. The molecule has 0 saturated heterocycles. The molecule has 2 aliphatic heterocycles. The molecule has 2 aromatic rings. The second-order valence-electron chi connectivity index (χ2n) is 7.57. The first-order valence-corrected chi connectivity index (χ1v) is 10.5. The van der Waals surface area contributed by atoms with Gasteiger partial charge in [0.25, 0.3) is 0 Å². The number of methoxy groups -OCH3 is 1. The smallest absolute Gasteiger partial charge is 0.338 e. The van der Waals surface area contributed by atoms with Crippen molar-refractivity contribution in [3.63, 3.8) is 0 Å². The van der Waals surface area contributed by atoms with Gasteiger partial charge in [0.05, 0.1) is 37.6 Å². The Morgan fingerprint density at radius 2 is 1.94 bits per heavy atom. The lowest BCUT2D eigenvalue weighted by atomic mass is 9.94. The molecule has 162 valence electrons. The van der Waals surface area contributed by atoms with Gasteiger partial charge >= 0.3 is 12.0 Å². The first-order valence-electron chi connectivity index (χ1n) is 10.5. The van der Waals surface area contributed by atoms with Crippen molar-refractivity contribution >= 4 is 17.7 Å². The summed E-state index contributed by atoms with van der Waals surface area (Å²) in [5.74, 6) is 0.270. The van der Waals surface area contributed by atoms with E-state index in [-0.39, 0.29) is 12.6 Å². The molecule has 31 heavy (non-hydrogen) atoms. The van der Waals surface area contributed by atoms with Crippen LogP contribution in [0.3, 0.4) is 0 Å². The number of urea groups is 1. The lowest BCUT2D eigenvalue weighted by Crippen LogP contribution is -2.49. The standard InChI is InChI=1S/C24H27N3O4/c1-3-31-23(28)21-19(15-27-14-6-8-16-7-4-5-9-20(16)27)25-24(29)26-22(21)17-10-12-18(30-2)13-11-17/h4-5,7,9-13,22H,3,6,8,14-15H2,1-2H3,(H2,25,26,29). The number of amides is 2. The molecule has 2 amide bonds. The fourth-order valence-corrected chi connectivity index (χ4v) is 4.21. The van der Waals surface area contributed by atoms with E-state index < -0.39 is 12.0 Å². The maximum atomic E-state index is 13.0. The number of fused-ring (bicyclic) bond motifs is 1. The molecule has 7 heteroatoms. The second-order valence-corrected chi connectivity index (χ2v) is 7.57. The number of benzene rings is 2. The molecule has 0 spiro atoms. The highest BCUT2D eigenvalue weighted by Crippen LogP contribution is 2.32. The molecule has 2 heterocycles. The molecule has 1 unspecified atom stereocenters. The maximum absolute atomic E-state index is 13.0. The second kappa shape index (κ2) is 9.12. The SMILES string of the molecule is CCOC(=O)C1=C(CN2CCCc3ccccc32)NC(=O)NC1c1ccc(OC)cc1. The van der Waals surface area contributed by atoms with Crippen LogP contribution in [0, 0.1) is 0 Å². The van der Waals surface area contributed by atoms with E-state index in [0.717, 1.165) is 30.6 Å². The zero-order valence-electron chi connectivity index (χ0n) is 17.8. The van der Waals surface area contributed by atoms with Crippen LogP contribution in [-0.4, -0.2) is 38.8 Å². The Bertz CT molecular complexity index is 1000. The first-order chi connectivity index (χ1) is 15.1. The number of nitrogens with zero attached hydrogens (tertiary/aromatic N) is 1. The Morgan fingerprint density at radius 1 is 1.16 bits per heavy atom. The summed E-state index contributed by atoms with van der Waals surface area (Å²) in [6.45, 7) is 3.31. The molecule has 4 rings (SSSR count). The molecular weight excluding hydrogens is 394 g/mol. The van der Waals surface area contributed by atoms with E-state index in [1.165, 1.54) is 5.56 Å². The van der Waals surface area contributed by atoms with Crippen LogP contribution >= 0.6 is 0 Å². The van der Waals surface area contributed by atoms with Gasteiger partial charge in [-0.25, -0.2) is 9.59 Å². The molecule has 0 radical (unpaired) electrons. The third-order valence-corrected chi connectivity index (χ3v) is 5.65. The minimum absolute atomic E-state index is 0.255. The van der Waals surface area contributed by atoms with E-state index in [4.69, 9.17) is 9.47 Å². The van der Waals surface area contributed by atoms with Crippen LogP contribution in [0.5, 0.6) is 5.75 Å². The fraction of sp³-hybridized carbons (Fsp3) is 0.333. The van der Waals surface area contributed by atoms with Gasteiger partial charge in [-0.15, -0.1) is 0 Å². The number of carbonyl (C=O) groups is 2. The van der Waals surface area contributed by atoms with Gasteiger partial charge in [0.1, 0.15) is 5.75 Å². The number of rotatable bonds is 6. The number of nitrogens with one attached hydrogen (secondary N) is 2. The highest BCUT2D eigenvalue weighted by Gasteiger charge is 2.34. The van der Waals surface area contributed by atoms with Crippen molar-refractivity contribution in [2.45, 2.75) is 25.8 Å². The average molecular weight is 421 g/mol. The van der Waals surface area contributed by atoms with E-state index in [1.54, 1.807) is 14.0 Å². The van der Waals surface area contributed by atoms with Crippen LogP contribution in [0.15, 0.2) is 59.8 Å². The Hall–Kier alpha value is -3.48. The maximum Gasteiger partial charge on any atom is 0.338 e. The van der Waals surface area contributed by atoms with E-state index in [1.807, 2.05) is 36.4 Å². The number of aryl methyl sites for hydroxylation is 1. The number of esters is 1. The van der Waals surface area contributed by atoms with Crippen molar-refractivity contribution < 1.29 is 19.1 Å². The number of para-hydroxylation sites is 1. The van der Waals surface area contributed by atoms with Gasteiger partial charge in [0.15, 0.2) is 0 Å². The van der Waals surface area contributed by atoms with Crippen molar-refractivity contribution in [2.24, 2.45) is 0 Å². The highest BCUT2D eigenvalue weighted by molar-refractivity contribution is 5.95. The summed E-state index contributed by atoms with van der Waals surface area (Å²) < 4.78 is 10.6. The van der Waals surface area contributed by atoms with Gasteiger partial charge in [-0.3, -0.25) is 0 Å². The molecule has 2 N–H and O–H groups in total. The van der Waals surface area contributed by atoms with Crippen molar-refractivity contribution in [1.82, 2.24) is 10.6 Å². The Labute approximate surface area is 182 Å². The average Bonchev–Trinajstić information content (AvgIpc) is 2.79. The van der Waals surface area contributed by atoms with E-state index >= 15 is 0 Å². The minimum Gasteiger partial charge on any atom is -0.497 e. The van der Waals surface area contributed by atoms with Crippen LogP contribution in [0.2, 0.25) is 0 Å². The molecule has 0 aromatic heterocycles. The summed E-state index contributed by atoms with van der Waals surface area (Å²) in [6, 6.07) is 14.6. The molecule has 0 aliphatic carbocycles. The van der Waals surface area contributed by atoms with Crippen LogP contribution in [0.25, 0.3) is 0 Å². The lowest BCUT2D eigenvalue weighted by molar-refractivity contribution is -0.139. The summed E-state index contributed by atoms with van der Waals surface area (Å²) in [5, 5.41) is 5.75. The number of anilines is 1. The number of hydrogen-bond acceptors (Lipinski definition) is 5. The number of carbonyl (C=O) groups excluding carboxylic acids is 2. The van der Waals surface area contributed by atoms with E-state index in [9.17, 15) is 9.59 Å². The van der Waals surface area contributed by atoms with Crippen LogP contribution in [0.4, 0.5) is 10.5 Å². The van der Waals surface area contributed by atoms with Gasteiger partial charge in [0.2, 0.25) is 0 Å². The molecule has 1 atom stereocenters. The largest absolute Gasteiger partial charge is 0.497 e. The zero-order valence-corrected chi connectivity index (χ0v) is 17.8. The molecule has 7 nitrogen and oxygen atoms in total. The van der Waals surface area contributed by atoms with Crippen molar-refractivity contribution in [2.75, 3.05) is 31.7 Å². The quantitative estimate of drug-likeness (QED) is 0.700. The number of hydrogen-bond donors (Lipinski definition) is 2. The topological polar surface area (TPSA) is 79.9 Å². The zero-order chi connectivity index (χ0) is 21.8. The summed E-state index contributed by atoms with van der Waals surface area (Å²) in [6.07, 6.45) is 2.05. The third-order valence-electron chi connectivity index (χ3n) is 5.65. The molecule has 0 fully saturated rings. The normalized spacial score (nSPS) is 18.1. The first kappa shape index (κ1) is 20.8. The molecule has 0 bridgehead atoms. The predicted octanol–water partition coefficient (Wildman–Crippen LogP) is 3.32. The van der Waals surface area contributed by atoms with Crippen molar-refractivity contribution in [1.29, 1.82) is 0 Å². The van der Waals surface area contributed by atoms with E-state index in [2.05, 4.69) is 27.7 Å². The van der Waals surface area contributed by atoms with Crippen molar-refractivity contribution in [3.8, 4) is 5.75 Å². The molecule has 2 aliphatic rings. The van der Waals surface area contributed by atoms with Gasteiger partial charge in [-0.1, -0.05) is 30.3 Å². The van der Waals surface area contributed by atoms with Crippen LogP contribution in [0.1, 0.15) is 30.5 Å². The third kappa shape index (κ3) is 4.35. The Morgan fingerprint density at radius 3 is 2.68 bits per heavy atom. The van der Waals surface area contributed by atoms with Gasteiger partial charge in [-0.2, -0.15) is 0 Å². The summed E-state index contributed by atoms with van der Waals surface area (Å²) in [7, 11) is 1.60. The monoisotopic (exact) mass is 421 g/mol. The lowest BCUT2D eigenvalue weighted by Gasteiger charge is -2.35. The number of ether oxygens (including phenoxy) is 2. The molecular formula is C24H27N3O4. The molecule has 0 saturated carbocycles. The fourth-order valence-electron chi connectivity index (χ4n) is 4.21. The van der Waals surface area contributed by atoms with Crippen LogP contribution < -0.4 is 20.3 Å². The van der Waals surface area contributed by atoms with Crippen molar-refractivity contribution in [3.05, 3.63) is 70.9 Å². The van der Waals surface area contributed by atoms with Crippen LogP contribution in [-0.2, 0) is 16.0 Å². The Balaban J connectivity index is 1.73.